The number of ketones is 1. The number of phenols is 1. The molecule has 0 aliphatic carbocycles. The van der Waals surface area contributed by atoms with Crippen LogP contribution in [-0.4, -0.2) is 58.9 Å². The van der Waals surface area contributed by atoms with Crippen LogP contribution in [0.15, 0.2) is 78.4 Å². The Hall–Kier alpha value is -4.10. The number of phenolic OH excluding ortho intramolecular Hbond substituents is 1. The molecule has 1 fully saturated rings. The van der Waals surface area contributed by atoms with E-state index in [2.05, 4.69) is 0 Å². The number of Topliss-reactive ketones (excluding diaryl/α,β-unsaturated/α-hetero) is 1. The maximum absolute atomic E-state index is 13.1. The highest BCUT2D eigenvalue weighted by molar-refractivity contribution is 6.46. The maximum Gasteiger partial charge on any atom is 0.295 e. The third kappa shape index (κ3) is 5.26. The van der Waals surface area contributed by atoms with Crippen LogP contribution >= 0.6 is 0 Å². The normalized spacial score (nSPS) is 17.1. The molecule has 0 spiro atoms. The van der Waals surface area contributed by atoms with Gasteiger partial charge in [0.2, 0.25) is 0 Å². The average molecular weight is 487 g/mol. The molecule has 2 N–H and O–H groups in total. The number of hydrogen-bond acceptors (Lipinski definition) is 6. The number of aryl methyl sites for hydroxylation is 1. The number of carbonyl (C=O) groups excluding carboxylic acids is 2. The standard InChI is InChI=1S/C29H30N2O5/c1-19-6-4-5-7-22(19)18-36-24-14-10-21(11-15-24)27(33)25-26(20-8-12-23(32)13-9-20)31(17-16-30(2)3)29(35)28(25)34/h4-15,26,32-33H,16-18H2,1-3H3/b27-25+/t26-/m0/s1. The Morgan fingerprint density at radius 2 is 1.64 bits per heavy atom. The van der Waals surface area contributed by atoms with E-state index in [-0.39, 0.29) is 17.1 Å². The second kappa shape index (κ2) is 10.7. The molecule has 4 rings (SSSR count). The van der Waals surface area contributed by atoms with E-state index in [0.717, 1.165) is 11.1 Å². The monoisotopic (exact) mass is 486 g/mol. The molecule has 1 aliphatic rings. The first-order valence-corrected chi connectivity index (χ1v) is 11.8. The predicted octanol–water partition coefficient (Wildman–Crippen LogP) is 4.26. The maximum atomic E-state index is 13.1. The molecule has 1 heterocycles. The highest BCUT2D eigenvalue weighted by atomic mass is 16.5. The smallest absolute Gasteiger partial charge is 0.295 e. The Kier molecular flexibility index (Phi) is 7.41. The Balaban J connectivity index is 1.64. The molecule has 0 aromatic heterocycles. The zero-order valence-corrected chi connectivity index (χ0v) is 20.6. The van der Waals surface area contributed by atoms with Crippen molar-refractivity contribution in [1.82, 2.24) is 9.80 Å². The predicted molar refractivity (Wildman–Crippen MR) is 138 cm³/mol. The van der Waals surface area contributed by atoms with Gasteiger partial charge >= 0.3 is 0 Å². The molecule has 7 nitrogen and oxygen atoms in total. The van der Waals surface area contributed by atoms with Crippen molar-refractivity contribution >= 4 is 17.4 Å². The summed E-state index contributed by atoms with van der Waals surface area (Å²) in [6.45, 7) is 3.30. The van der Waals surface area contributed by atoms with E-state index in [1.165, 1.54) is 17.0 Å². The van der Waals surface area contributed by atoms with Crippen LogP contribution in [0.1, 0.15) is 28.3 Å². The Bertz CT molecular complexity index is 1280. The van der Waals surface area contributed by atoms with Gasteiger partial charge in [-0.25, -0.2) is 0 Å². The van der Waals surface area contributed by atoms with E-state index in [1.54, 1.807) is 36.4 Å². The lowest BCUT2D eigenvalue weighted by Gasteiger charge is -2.26. The first-order chi connectivity index (χ1) is 17.3. The van der Waals surface area contributed by atoms with Gasteiger partial charge in [0.25, 0.3) is 11.7 Å². The number of carbonyl (C=O) groups is 2. The van der Waals surface area contributed by atoms with Gasteiger partial charge in [0, 0.05) is 18.7 Å². The summed E-state index contributed by atoms with van der Waals surface area (Å²) in [7, 11) is 3.77. The number of aliphatic hydroxyl groups is 1. The highest BCUT2D eigenvalue weighted by Crippen LogP contribution is 2.39. The summed E-state index contributed by atoms with van der Waals surface area (Å²) in [5, 5.41) is 20.9. The number of ether oxygens (including phenoxy) is 1. The number of benzene rings is 3. The molecular weight excluding hydrogens is 456 g/mol. The van der Waals surface area contributed by atoms with Crippen molar-refractivity contribution in [2.24, 2.45) is 0 Å². The fourth-order valence-electron chi connectivity index (χ4n) is 4.22. The first kappa shape index (κ1) is 25.0. The summed E-state index contributed by atoms with van der Waals surface area (Å²) in [5.74, 6) is -0.940. The van der Waals surface area contributed by atoms with Crippen LogP contribution in [0.4, 0.5) is 0 Å². The van der Waals surface area contributed by atoms with E-state index in [0.29, 0.717) is 36.6 Å². The van der Waals surface area contributed by atoms with Gasteiger partial charge < -0.3 is 24.7 Å². The third-order valence-corrected chi connectivity index (χ3v) is 6.32. The molecule has 1 aliphatic heterocycles. The molecule has 3 aromatic carbocycles. The number of nitrogens with zero attached hydrogens (tertiary/aromatic N) is 2. The fourth-order valence-corrected chi connectivity index (χ4v) is 4.22. The van der Waals surface area contributed by atoms with Gasteiger partial charge in [0.05, 0.1) is 11.6 Å². The van der Waals surface area contributed by atoms with Crippen LogP contribution in [-0.2, 0) is 16.2 Å². The summed E-state index contributed by atoms with van der Waals surface area (Å²) in [6.07, 6.45) is 0. The molecule has 0 saturated carbocycles. The summed E-state index contributed by atoms with van der Waals surface area (Å²) < 4.78 is 5.89. The van der Waals surface area contributed by atoms with Crippen LogP contribution < -0.4 is 4.74 Å². The summed E-state index contributed by atoms with van der Waals surface area (Å²) in [4.78, 5) is 29.4. The van der Waals surface area contributed by atoms with Crippen LogP contribution in [0.25, 0.3) is 5.76 Å². The third-order valence-electron chi connectivity index (χ3n) is 6.32. The summed E-state index contributed by atoms with van der Waals surface area (Å²) >= 11 is 0. The van der Waals surface area contributed by atoms with Gasteiger partial charge in [-0.3, -0.25) is 9.59 Å². The van der Waals surface area contributed by atoms with Crippen molar-refractivity contribution < 1.29 is 24.5 Å². The minimum absolute atomic E-state index is 0.0259. The van der Waals surface area contributed by atoms with E-state index in [4.69, 9.17) is 4.74 Å². The number of likely N-dealkylation sites (N-methyl/N-ethyl adjacent to an activating group) is 1. The topological polar surface area (TPSA) is 90.3 Å². The molecule has 186 valence electrons. The molecule has 0 radical (unpaired) electrons. The largest absolute Gasteiger partial charge is 0.508 e. The Morgan fingerprint density at radius 3 is 2.28 bits per heavy atom. The number of amides is 1. The Morgan fingerprint density at radius 1 is 0.972 bits per heavy atom. The molecule has 0 bridgehead atoms. The molecule has 3 aromatic rings. The van der Waals surface area contributed by atoms with Gasteiger partial charge in [-0.1, -0.05) is 36.4 Å². The number of hydrogen-bond donors (Lipinski definition) is 2. The summed E-state index contributed by atoms with van der Waals surface area (Å²) in [5.41, 5.74) is 3.28. The van der Waals surface area contributed by atoms with E-state index in [9.17, 15) is 19.8 Å². The van der Waals surface area contributed by atoms with Gasteiger partial charge in [-0.05, 0) is 74.1 Å². The summed E-state index contributed by atoms with van der Waals surface area (Å²) in [6, 6.07) is 20.3. The fraction of sp³-hybridized carbons (Fsp3) is 0.241. The van der Waals surface area contributed by atoms with Gasteiger partial charge in [-0.15, -0.1) is 0 Å². The average Bonchev–Trinajstić information content (AvgIpc) is 3.12. The van der Waals surface area contributed by atoms with Crippen molar-refractivity contribution in [3.05, 3.63) is 101 Å². The van der Waals surface area contributed by atoms with Crippen molar-refractivity contribution in [1.29, 1.82) is 0 Å². The zero-order chi connectivity index (χ0) is 25.8. The lowest BCUT2D eigenvalue weighted by atomic mass is 9.95. The SMILES string of the molecule is Cc1ccccc1COc1ccc(/C(O)=C2\C(=O)C(=O)N(CCN(C)C)[C@H]2c2ccc(O)cc2)cc1. The van der Waals surface area contributed by atoms with Gasteiger partial charge in [-0.2, -0.15) is 0 Å². The lowest BCUT2D eigenvalue weighted by Crippen LogP contribution is -2.35. The first-order valence-electron chi connectivity index (χ1n) is 11.8. The van der Waals surface area contributed by atoms with Crippen molar-refractivity contribution in [3.8, 4) is 11.5 Å². The zero-order valence-electron chi connectivity index (χ0n) is 20.6. The number of likely N-dealkylation sites (tertiary alicyclic amines) is 1. The van der Waals surface area contributed by atoms with Crippen molar-refractivity contribution in [3.63, 3.8) is 0 Å². The molecular formula is C29H30N2O5. The van der Waals surface area contributed by atoms with Gasteiger partial charge in [0.15, 0.2) is 0 Å². The minimum Gasteiger partial charge on any atom is -0.508 e. The van der Waals surface area contributed by atoms with Crippen LogP contribution in [0.2, 0.25) is 0 Å². The van der Waals surface area contributed by atoms with E-state index >= 15 is 0 Å². The molecule has 7 heteroatoms. The quantitative estimate of drug-likeness (QED) is 0.281. The van der Waals surface area contributed by atoms with E-state index in [1.807, 2.05) is 50.2 Å². The molecule has 36 heavy (non-hydrogen) atoms. The number of rotatable bonds is 8. The molecule has 1 saturated heterocycles. The second-order valence-electron chi connectivity index (χ2n) is 9.13. The molecule has 1 amide bonds. The number of aromatic hydroxyl groups is 1. The van der Waals surface area contributed by atoms with Crippen LogP contribution in [0.5, 0.6) is 11.5 Å². The second-order valence-corrected chi connectivity index (χ2v) is 9.13. The van der Waals surface area contributed by atoms with Crippen LogP contribution in [0, 0.1) is 6.92 Å². The lowest BCUT2D eigenvalue weighted by molar-refractivity contribution is -0.140. The van der Waals surface area contributed by atoms with Gasteiger partial charge in [0.1, 0.15) is 23.9 Å². The highest BCUT2D eigenvalue weighted by Gasteiger charge is 2.45. The minimum atomic E-state index is -0.762. The van der Waals surface area contributed by atoms with E-state index < -0.39 is 17.7 Å². The van der Waals surface area contributed by atoms with Crippen LogP contribution in [0.3, 0.4) is 0 Å². The number of aliphatic hydroxyl groups excluding tert-OH is 1. The van der Waals surface area contributed by atoms with Crippen molar-refractivity contribution in [2.45, 2.75) is 19.6 Å². The molecule has 0 unspecified atom stereocenters. The Labute approximate surface area is 210 Å². The van der Waals surface area contributed by atoms with Crippen molar-refractivity contribution in [2.75, 3.05) is 27.2 Å². The molecule has 1 atom stereocenters.